The van der Waals surface area contributed by atoms with E-state index in [1.54, 1.807) is 11.8 Å². The van der Waals surface area contributed by atoms with Crippen LogP contribution in [0.25, 0.3) is 0 Å². The Balaban J connectivity index is 2.86. The summed E-state index contributed by atoms with van der Waals surface area (Å²) in [6.45, 7) is 6.92. The fourth-order valence-corrected chi connectivity index (χ4v) is 2.42. The van der Waals surface area contributed by atoms with Crippen LogP contribution in [-0.4, -0.2) is 37.0 Å². The summed E-state index contributed by atoms with van der Waals surface area (Å²) < 4.78 is 4.77. The molecule has 1 rings (SSSR count). The van der Waals surface area contributed by atoms with Gasteiger partial charge in [-0.3, -0.25) is 9.59 Å². The Kier molecular flexibility index (Phi) is 7.64. The largest absolute Gasteiger partial charge is 0.469 e. The van der Waals surface area contributed by atoms with Crippen LogP contribution in [-0.2, 0) is 9.53 Å². The molecule has 4 nitrogen and oxygen atoms in total. The summed E-state index contributed by atoms with van der Waals surface area (Å²) in [6, 6.07) is 7.56. The van der Waals surface area contributed by atoms with Gasteiger partial charge in [0.25, 0.3) is 5.91 Å². The Hall–Kier alpha value is -1.84. The van der Waals surface area contributed by atoms with E-state index in [0.29, 0.717) is 18.7 Å². The third-order valence-corrected chi connectivity index (χ3v) is 3.79. The number of unbranched alkanes of at least 4 members (excludes halogenated alkanes) is 2. The van der Waals surface area contributed by atoms with Crippen molar-refractivity contribution in [1.82, 2.24) is 4.90 Å². The SMILES string of the molecule is CCCCCN(CC(C)C(=O)OC)C(=O)c1ccccc1C. The number of aryl methyl sites for hydroxylation is 1. The normalized spacial score (nSPS) is 11.8. The Labute approximate surface area is 133 Å². The Morgan fingerprint density at radius 2 is 1.91 bits per heavy atom. The lowest BCUT2D eigenvalue weighted by Crippen LogP contribution is -2.38. The molecule has 1 amide bonds. The van der Waals surface area contributed by atoms with Gasteiger partial charge in [0, 0.05) is 18.7 Å². The van der Waals surface area contributed by atoms with Gasteiger partial charge in [0.1, 0.15) is 0 Å². The van der Waals surface area contributed by atoms with Crippen LogP contribution in [0, 0.1) is 12.8 Å². The summed E-state index contributed by atoms with van der Waals surface area (Å²) in [4.78, 5) is 26.2. The van der Waals surface area contributed by atoms with E-state index < -0.39 is 0 Å². The van der Waals surface area contributed by atoms with Crippen LogP contribution in [0.2, 0.25) is 0 Å². The molecule has 1 unspecified atom stereocenters. The maximum atomic E-state index is 12.8. The number of methoxy groups -OCH3 is 1. The van der Waals surface area contributed by atoms with Gasteiger partial charge in [-0.05, 0) is 25.0 Å². The highest BCUT2D eigenvalue weighted by Crippen LogP contribution is 2.14. The molecule has 0 aliphatic heterocycles. The smallest absolute Gasteiger partial charge is 0.310 e. The van der Waals surface area contributed by atoms with E-state index in [0.717, 1.165) is 24.8 Å². The van der Waals surface area contributed by atoms with Crippen LogP contribution in [0.5, 0.6) is 0 Å². The number of carbonyl (C=O) groups is 2. The highest BCUT2D eigenvalue weighted by atomic mass is 16.5. The monoisotopic (exact) mass is 305 g/mol. The van der Waals surface area contributed by atoms with Crippen molar-refractivity contribution >= 4 is 11.9 Å². The molecular weight excluding hydrogens is 278 g/mol. The molecule has 22 heavy (non-hydrogen) atoms. The van der Waals surface area contributed by atoms with Crippen molar-refractivity contribution < 1.29 is 14.3 Å². The van der Waals surface area contributed by atoms with Gasteiger partial charge in [-0.25, -0.2) is 0 Å². The van der Waals surface area contributed by atoms with E-state index in [9.17, 15) is 9.59 Å². The molecule has 0 saturated heterocycles. The maximum Gasteiger partial charge on any atom is 0.310 e. The number of carbonyl (C=O) groups excluding carboxylic acids is 2. The number of hydrogen-bond acceptors (Lipinski definition) is 3. The first-order valence-electron chi connectivity index (χ1n) is 7.94. The third-order valence-electron chi connectivity index (χ3n) is 3.79. The number of nitrogens with zero attached hydrogens (tertiary/aromatic N) is 1. The number of rotatable bonds is 8. The van der Waals surface area contributed by atoms with Crippen LogP contribution in [0.4, 0.5) is 0 Å². The molecular formula is C18H27NO3. The number of esters is 1. The summed E-state index contributed by atoms with van der Waals surface area (Å²) in [5.41, 5.74) is 1.66. The Bertz CT molecular complexity index is 499. The summed E-state index contributed by atoms with van der Waals surface area (Å²) in [6.07, 6.45) is 3.12. The van der Waals surface area contributed by atoms with E-state index in [1.165, 1.54) is 7.11 Å². The second-order valence-corrected chi connectivity index (χ2v) is 5.70. The fraction of sp³-hybridized carbons (Fsp3) is 0.556. The van der Waals surface area contributed by atoms with Crippen LogP contribution in [0.15, 0.2) is 24.3 Å². The van der Waals surface area contributed by atoms with E-state index in [1.807, 2.05) is 31.2 Å². The van der Waals surface area contributed by atoms with Crippen molar-refractivity contribution in [3.63, 3.8) is 0 Å². The number of benzene rings is 1. The van der Waals surface area contributed by atoms with Crippen LogP contribution in [0.1, 0.15) is 49.0 Å². The first-order valence-corrected chi connectivity index (χ1v) is 7.94. The minimum absolute atomic E-state index is 0.00930. The lowest BCUT2D eigenvalue weighted by molar-refractivity contribution is -0.145. The topological polar surface area (TPSA) is 46.6 Å². The predicted molar refractivity (Wildman–Crippen MR) is 87.8 cm³/mol. The van der Waals surface area contributed by atoms with Crippen molar-refractivity contribution in [3.05, 3.63) is 35.4 Å². The number of ether oxygens (including phenoxy) is 1. The van der Waals surface area contributed by atoms with Gasteiger partial charge in [0.15, 0.2) is 0 Å². The van der Waals surface area contributed by atoms with Crippen LogP contribution in [0.3, 0.4) is 0 Å². The molecule has 122 valence electrons. The molecule has 0 aromatic heterocycles. The number of hydrogen-bond donors (Lipinski definition) is 0. The Morgan fingerprint density at radius 1 is 1.23 bits per heavy atom. The minimum Gasteiger partial charge on any atom is -0.469 e. The molecule has 0 fully saturated rings. The van der Waals surface area contributed by atoms with E-state index in [-0.39, 0.29) is 17.8 Å². The zero-order chi connectivity index (χ0) is 16.5. The van der Waals surface area contributed by atoms with Crippen LogP contribution < -0.4 is 0 Å². The summed E-state index contributed by atoms with van der Waals surface area (Å²) in [7, 11) is 1.38. The molecule has 4 heteroatoms. The van der Waals surface area contributed by atoms with Gasteiger partial charge in [-0.15, -0.1) is 0 Å². The van der Waals surface area contributed by atoms with Gasteiger partial charge < -0.3 is 9.64 Å². The average Bonchev–Trinajstić information content (AvgIpc) is 2.53. The van der Waals surface area contributed by atoms with Crippen molar-refractivity contribution in [3.8, 4) is 0 Å². The van der Waals surface area contributed by atoms with Crippen molar-refractivity contribution in [1.29, 1.82) is 0 Å². The molecule has 1 aromatic carbocycles. The summed E-state index contributed by atoms with van der Waals surface area (Å²) in [5.74, 6) is -0.609. The van der Waals surface area contributed by atoms with E-state index in [4.69, 9.17) is 4.74 Å². The third kappa shape index (κ3) is 5.17. The van der Waals surface area contributed by atoms with E-state index >= 15 is 0 Å². The second kappa shape index (κ2) is 9.23. The summed E-state index contributed by atoms with van der Waals surface area (Å²) >= 11 is 0. The van der Waals surface area contributed by atoms with Gasteiger partial charge in [-0.2, -0.15) is 0 Å². The van der Waals surface area contributed by atoms with Crippen molar-refractivity contribution in [2.75, 3.05) is 20.2 Å². The van der Waals surface area contributed by atoms with Gasteiger partial charge in [0.05, 0.1) is 13.0 Å². The zero-order valence-electron chi connectivity index (χ0n) is 14.1. The maximum absolute atomic E-state index is 12.8. The quantitative estimate of drug-likeness (QED) is 0.546. The molecule has 0 heterocycles. The van der Waals surface area contributed by atoms with Gasteiger partial charge in [-0.1, -0.05) is 44.9 Å². The first-order chi connectivity index (χ1) is 10.5. The second-order valence-electron chi connectivity index (χ2n) is 5.70. The minimum atomic E-state index is -0.320. The predicted octanol–water partition coefficient (Wildman–Crippen LogP) is 3.44. The van der Waals surface area contributed by atoms with Gasteiger partial charge in [0.2, 0.25) is 0 Å². The van der Waals surface area contributed by atoms with Crippen LogP contribution >= 0.6 is 0 Å². The molecule has 0 aliphatic rings. The van der Waals surface area contributed by atoms with Crippen molar-refractivity contribution in [2.45, 2.75) is 40.0 Å². The zero-order valence-corrected chi connectivity index (χ0v) is 14.1. The molecule has 0 aliphatic carbocycles. The molecule has 1 atom stereocenters. The van der Waals surface area contributed by atoms with E-state index in [2.05, 4.69) is 6.92 Å². The average molecular weight is 305 g/mol. The molecule has 1 aromatic rings. The molecule has 0 saturated carbocycles. The lowest BCUT2D eigenvalue weighted by atomic mass is 10.1. The molecule has 0 spiro atoms. The Morgan fingerprint density at radius 3 is 2.50 bits per heavy atom. The standard InChI is InChI=1S/C18H27NO3/c1-5-6-9-12-19(13-15(3)18(21)22-4)17(20)16-11-8-7-10-14(16)2/h7-8,10-11,15H,5-6,9,12-13H2,1-4H3. The molecule has 0 bridgehead atoms. The first kappa shape index (κ1) is 18.2. The van der Waals surface area contributed by atoms with Crippen molar-refractivity contribution in [2.24, 2.45) is 5.92 Å². The lowest BCUT2D eigenvalue weighted by Gasteiger charge is -2.26. The summed E-state index contributed by atoms with van der Waals surface area (Å²) in [5, 5.41) is 0. The fourth-order valence-electron chi connectivity index (χ4n) is 2.42. The molecule has 0 radical (unpaired) electrons. The van der Waals surface area contributed by atoms with Gasteiger partial charge >= 0.3 is 5.97 Å². The number of amides is 1. The highest BCUT2D eigenvalue weighted by Gasteiger charge is 2.22. The molecule has 0 N–H and O–H groups in total. The highest BCUT2D eigenvalue weighted by molar-refractivity contribution is 5.95.